The highest BCUT2D eigenvalue weighted by Gasteiger charge is 2.05. The van der Waals surface area contributed by atoms with Crippen molar-refractivity contribution in [1.82, 2.24) is 9.97 Å². The molecule has 0 atom stereocenters. The number of nitrogen functional groups attached to an aromatic ring is 1. The zero-order valence-corrected chi connectivity index (χ0v) is 22.3. The molecule has 0 aliphatic carbocycles. The molecule has 0 spiro atoms. The number of halogens is 2. The first-order valence-electron chi connectivity index (χ1n) is 11.4. The van der Waals surface area contributed by atoms with Gasteiger partial charge in [-0.1, -0.05) is 23.2 Å². The van der Waals surface area contributed by atoms with Gasteiger partial charge in [-0.3, -0.25) is 9.59 Å². The Labute approximate surface area is 230 Å². The monoisotopic (exact) mass is 548 g/mol. The summed E-state index contributed by atoms with van der Waals surface area (Å²) >= 11 is 11.2. The number of hydrogen-bond donors (Lipinski definition) is 3. The molecule has 0 radical (unpaired) electrons. The fourth-order valence-corrected chi connectivity index (χ4v) is 3.81. The molecule has 1 aromatic heterocycles. The number of aldehydes is 2. The molecule has 194 valence electrons. The van der Waals surface area contributed by atoms with Gasteiger partial charge in [-0.15, -0.1) is 0 Å². The molecule has 0 unspecified atom stereocenters. The molecule has 0 bridgehead atoms. The number of ether oxygens (including phenoxy) is 1. The lowest BCUT2D eigenvalue weighted by molar-refractivity contribution is 0.111. The van der Waals surface area contributed by atoms with E-state index in [0.29, 0.717) is 27.5 Å². The van der Waals surface area contributed by atoms with Crippen LogP contribution in [0.2, 0.25) is 10.0 Å². The lowest BCUT2D eigenvalue weighted by Crippen LogP contribution is -1.86. The van der Waals surface area contributed by atoms with Crippen LogP contribution in [0.15, 0.2) is 84.9 Å². The summed E-state index contributed by atoms with van der Waals surface area (Å²) in [6, 6.07) is 25.4. The normalized spacial score (nSPS) is 9.89. The Kier molecular flexibility index (Phi) is 10.3. The van der Waals surface area contributed by atoms with Crippen LogP contribution in [0.3, 0.4) is 0 Å². The predicted octanol–water partition coefficient (Wildman–Crippen LogP) is 7.17. The van der Waals surface area contributed by atoms with E-state index in [-0.39, 0.29) is 0 Å². The average Bonchev–Trinajstić information content (AvgIpc) is 3.37. The maximum absolute atomic E-state index is 10.2. The first kappa shape index (κ1) is 28.2. The maximum Gasteiger partial charge on any atom is 0.150 e. The van der Waals surface area contributed by atoms with E-state index in [9.17, 15) is 9.59 Å². The minimum atomic E-state index is 0.481. The molecule has 0 fully saturated rings. The molecule has 1 heterocycles. The van der Waals surface area contributed by atoms with E-state index >= 15 is 0 Å². The van der Waals surface area contributed by atoms with Gasteiger partial charge in [-0.05, 0) is 84.9 Å². The van der Waals surface area contributed by atoms with Crippen LogP contribution in [0.25, 0.3) is 22.4 Å². The second-order valence-electron chi connectivity index (χ2n) is 7.90. The van der Waals surface area contributed by atoms with E-state index < -0.39 is 0 Å². The lowest BCUT2D eigenvalue weighted by Gasteiger charge is -1.97. The molecule has 5 rings (SSSR count). The van der Waals surface area contributed by atoms with Crippen LogP contribution >= 0.6 is 23.2 Å². The third kappa shape index (κ3) is 8.09. The van der Waals surface area contributed by atoms with Gasteiger partial charge in [0.2, 0.25) is 0 Å². The number of H-pyrrole nitrogens is 1. The number of methoxy groups -OCH3 is 1. The van der Waals surface area contributed by atoms with Crippen LogP contribution < -0.4 is 15.8 Å². The molecule has 0 aliphatic rings. The molecule has 7 nitrogen and oxygen atoms in total. The topological polar surface area (TPSA) is 110 Å². The molecule has 4 aromatic carbocycles. The molecular formula is C29H26Cl2N4O3. The van der Waals surface area contributed by atoms with Crippen LogP contribution in [-0.2, 0) is 0 Å². The predicted molar refractivity (Wildman–Crippen MR) is 156 cm³/mol. The number of nitrogens with zero attached hydrogens (tertiary/aromatic N) is 1. The van der Waals surface area contributed by atoms with Gasteiger partial charge in [-0.2, -0.15) is 0 Å². The highest BCUT2D eigenvalue weighted by molar-refractivity contribution is 6.35. The van der Waals surface area contributed by atoms with Crippen LogP contribution in [0.5, 0.6) is 5.75 Å². The van der Waals surface area contributed by atoms with Gasteiger partial charge in [0.1, 0.15) is 24.1 Å². The molecule has 5 aromatic rings. The smallest absolute Gasteiger partial charge is 0.150 e. The highest BCUT2D eigenvalue weighted by atomic mass is 35.5. The Balaban J connectivity index is 0.000000171. The van der Waals surface area contributed by atoms with Crippen LogP contribution in [0, 0.1) is 0 Å². The van der Waals surface area contributed by atoms with Crippen molar-refractivity contribution in [3.63, 3.8) is 0 Å². The number of carbonyl (C=O) groups is 2. The van der Waals surface area contributed by atoms with E-state index in [1.165, 1.54) is 0 Å². The molecule has 4 N–H and O–H groups in total. The SMILES string of the molecule is CNc1ccc2nc(-c3ccc(N)cc3)[nH]c2c1.COc1ccc(C=O)cc1.O=Cc1cc(Cl)cc(Cl)c1. The number of rotatable bonds is 5. The Morgan fingerprint density at radius 2 is 1.47 bits per heavy atom. The van der Waals surface area contributed by atoms with E-state index in [2.05, 4.69) is 15.3 Å². The van der Waals surface area contributed by atoms with Crippen LogP contribution in [0.4, 0.5) is 11.4 Å². The van der Waals surface area contributed by atoms with Crippen molar-refractivity contribution in [2.45, 2.75) is 0 Å². The number of aromatic amines is 1. The Morgan fingerprint density at radius 1 is 0.842 bits per heavy atom. The Hall–Kier alpha value is -4.33. The lowest BCUT2D eigenvalue weighted by atomic mass is 10.2. The first-order chi connectivity index (χ1) is 18.3. The summed E-state index contributed by atoms with van der Waals surface area (Å²) in [6.45, 7) is 0. The number of benzene rings is 4. The van der Waals surface area contributed by atoms with Crippen LogP contribution in [-0.4, -0.2) is 36.7 Å². The van der Waals surface area contributed by atoms with Crippen molar-refractivity contribution >= 4 is 58.2 Å². The quantitative estimate of drug-likeness (QED) is 0.158. The van der Waals surface area contributed by atoms with Gasteiger partial charge in [0.15, 0.2) is 0 Å². The number of fused-ring (bicyclic) bond motifs is 1. The first-order valence-corrected chi connectivity index (χ1v) is 12.1. The number of anilines is 2. The van der Waals surface area contributed by atoms with Crippen molar-refractivity contribution in [3.8, 4) is 17.1 Å². The molecule has 9 heteroatoms. The number of carbonyl (C=O) groups excluding carboxylic acids is 2. The third-order valence-corrected chi connectivity index (χ3v) is 5.66. The van der Waals surface area contributed by atoms with Gasteiger partial charge in [-0.25, -0.2) is 4.98 Å². The Morgan fingerprint density at radius 3 is 2.03 bits per heavy atom. The summed E-state index contributed by atoms with van der Waals surface area (Å²) in [6.07, 6.45) is 1.51. The zero-order valence-electron chi connectivity index (χ0n) is 20.7. The second-order valence-corrected chi connectivity index (χ2v) is 8.77. The molecule has 38 heavy (non-hydrogen) atoms. The van der Waals surface area contributed by atoms with E-state index in [0.717, 1.165) is 45.8 Å². The summed E-state index contributed by atoms with van der Waals surface area (Å²) in [5, 5.41) is 4.07. The molecular weight excluding hydrogens is 523 g/mol. The number of nitrogens with one attached hydrogen (secondary N) is 2. The van der Waals surface area contributed by atoms with Crippen molar-refractivity contribution < 1.29 is 14.3 Å². The maximum atomic E-state index is 10.2. The van der Waals surface area contributed by atoms with Crippen molar-refractivity contribution in [3.05, 3.63) is 106 Å². The minimum Gasteiger partial charge on any atom is -0.497 e. The number of aromatic nitrogens is 2. The summed E-state index contributed by atoms with van der Waals surface area (Å²) < 4.78 is 4.90. The zero-order chi connectivity index (χ0) is 27.5. The van der Waals surface area contributed by atoms with Crippen molar-refractivity contribution in [2.24, 2.45) is 0 Å². The Bertz CT molecular complexity index is 1480. The minimum absolute atomic E-state index is 0.481. The molecule has 0 saturated heterocycles. The summed E-state index contributed by atoms with van der Waals surface area (Å²) in [5.41, 5.74) is 11.7. The number of imidazole rings is 1. The molecule has 0 saturated carbocycles. The number of nitrogens with two attached hydrogens (primary N) is 1. The largest absolute Gasteiger partial charge is 0.497 e. The molecule has 0 amide bonds. The van der Waals surface area contributed by atoms with E-state index in [4.69, 9.17) is 33.7 Å². The average molecular weight is 549 g/mol. The van der Waals surface area contributed by atoms with Crippen molar-refractivity contribution in [2.75, 3.05) is 25.2 Å². The highest BCUT2D eigenvalue weighted by Crippen LogP contribution is 2.23. The summed E-state index contributed by atoms with van der Waals surface area (Å²) in [5.74, 6) is 1.63. The summed E-state index contributed by atoms with van der Waals surface area (Å²) in [4.78, 5) is 28.2. The summed E-state index contributed by atoms with van der Waals surface area (Å²) in [7, 11) is 3.49. The number of hydrogen-bond acceptors (Lipinski definition) is 6. The standard InChI is InChI=1S/C14H14N4.C8H8O2.C7H4Cl2O/c1-16-11-6-7-12-13(8-11)18-14(17-12)9-2-4-10(15)5-3-9;1-10-8-4-2-7(6-9)3-5-8;8-6-1-5(4-10)2-7(9)3-6/h2-8,16H,15H2,1H3,(H,17,18);2-6H,1H3;1-4H. The van der Waals surface area contributed by atoms with Gasteiger partial charge in [0.05, 0.1) is 18.1 Å². The fourth-order valence-electron chi connectivity index (χ4n) is 3.27. The van der Waals surface area contributed by atoms with Gasteiger partial charge < -0.3 is 20.8 Å². The second kappa shape index (κ2) is 13.8. The fraction of sp³-hybridized carbons (Fsp3) is 0.0690. The van der Waals surface area contributed by atoms with E-state index in [1.807, 2.05) is 49.5 Å². The van der Waals surface area contributed by atoms with Gasteiger partial charge in [0, 0.05) is 45.2 Å². The van der Waals surface area contributed by atoms with Gasteiger partial charge >= 0.3 is 0 Å². The molecule has 0 aliphatic heterocycles. The third-order valence-electron chi connectivity index (χ3n) is 5.23. The van der Waals surface area contributed by atoms with Crippen molar-refractivity contribution in [1.29, 1.82) is 0 Å². The van der Waals surface area contributed by atoms with Crippen LogP contribution in [0.1, 0.15) is 20.7 Å². The van der Waals surface area contributed by atoms with E-state index in [1.54, 1.807) is 49.6 Å². The van der Waals surface area contributed by atoms with Gasteiger partial charge in [0.25, 0.3) is 0 Å².